The summed E-state index contributed by atoms with van der Waals surface area (Å²) in [6.45, 7) is 17.6. The van der Waals surface area contributed by atoms with Crippen LogP contribution in [0.4, 0.5) is 5.69 Å². The lowest BCUT2D eigenvalue weighted by molar-refractivity contribution is -0.162. The van der Waals surface area contributed by atoms with E-state index in [4.69, 9.17) is 9.47 Å². The minimum absolute atomic E-state index is 0.163. The van der Waals surface area contributed by atoms with Crippen molar-refractivity contribution in [1.82, 2.24) is 4.90 Å². The Kier molecular flexibility index (Phi) is 9.14. The molecule has 8 nitrogen and oxygen atoms in total. The van der Waals surface area contributed by atoms with Gasteiger partial charge in [-0.05, 0) is 69.1 Å². The first-order valence-corrected chi connectivity index (χ1v) is 14.9. The van der Waals surface area contributed by atoms with Gasteiger partial charge in [0.1, 0.15) is 17.6 Å². The molecule has 8 heteroatoms. The molecule has 3 aliphatic rings. The molecule has 4 rings (SSSR count). The topological polar surface area (TPSA) is 96.4 Å². The Labute approximate surface area is 244 Å². The average molecular weight is 567 g/mol. The number of fused-ring (bicyclic) bond motifs is 1. The van der Waals surface area contributed by atoms with E-state index < -0.39 is 41.1 Å². The maximum Gasteiger partial charge on any atom is 0.312 e. The third-order valence-electron chi connectivity index (χ3n) is 9.25. The average Bonchev–Trinajstić information content (AvgIpc) is 3.55. The van der Waals surface area contributed by atoms with E-state index in [0.717, 1.165) is 16.8 Å². The molecule has 3 aliphatic heterocycles. The lowest BCUT2D eigenvalue weighted by atomic mass is 9.65. The van der Waals surface area contributed by atoms with Crippen LogP contribution in [-0.2, 0) is 23.9 Å². The van der Waals surface area contributed by atoms with Crippen LogP contribution in [0.2, 0.25) is 0 Å². The molecule has 2 unspecified atom stereocenters. The zero-order valence-electron chi connectivity index (χ0n) is 25.2. The normalized spacial score (nSPS) is 29.0. The number of aliphatic hydroxyl groups excluding tert-OH is 1. The number of benzene rings is 1. The van der Waals surface area contributed by atoms with Crippen LogP contribution in [0.25, 0.3) is 0 Å². The molecule has 3 heterocycles. The van der Waals surface area contributed by atoms with E-state index in [1.807, 2.05) is 52.8 Å². The van der Waals surface area contributed by atoms with Gasteiger partial charge in [0.25, 0.3) is 5.91 Å². The van der Waals surface area contributed by atoms with Gasteiger partial charge in [0.15, 0.2) is 0 Å². The molecule has 0 aliphatic carbocycles. The predicted molar refractivity (Wildman–Crippen MR) is 158 cm³/mol. The summed E-state index contributed by atoms with van der Waals surface area (Å²) in [6.07, 6.45) is 5.89. The van der Waals surface area contributed by atoms with Gasteiger partial charge in [-0.25, -0.2) is 0 Å². The molecule has 1 aromatic rings. The second kappa shape index (κ2) is 12.1. The summed E-state index contributed by atoms with van der Waals surface area (Å²) < 4.78 is 12.5. The van der Waals surface area contributed by atoms with Crippen LogP contribution >= 0.6 is 0 Å². The van der Waals surface area contributed by atoms with Gasteiger partial charge in [-0.3, -0.25) is 14.4 Å². The Morgan fingerprint density at radius 2 is 1.98 bits per heavy atom. The van der Waals surface area contributed by atoms with Gasteiger partial charge in [0, 0.05) is 12.2 Å². The molecule has 3 fully saturated rings. The van der Waals surface area contributed by atoms with Crippen LogP contribution in [0.15, 0.2) is 43.5 Å². The van der Waals surface area contributed by atoms with Crippen molar-refractivity contribution in [3.8, 4) is 0 Å². The fourth-order valence-electron chi connectivity index (χ4n) is 7.43. The molecule has 1 aromatic carbocycles. The summed E-state index contributed by atoms with van der Waals surface area (Å²) in [5.41, 5.74) is 0.576. The number of hydrogen-bond donors (Lipinski definition) is 1. The maximum atomic E-state index is 14.9. The van der Waals surface area contributed by atoms with Gasteiger partial charge < -0.3 is 24.4 Å². The molecule has 0 saturated carbocycles. The monoisotopic (exact) mass is 566 g/mol. The van der Waals surface area contributed by atoms with Gasteiger partial charge in [-0.1, -0.05) is 45.1 Å². The Bertz CT molecular complexity index is 1200. The van der Waals surface area contributed by atoms with Crippen LogP contribution in [-0.4, -0.2) is 70.8 Å². The molecule has 224 valence electrons. The second-order valence-electron chi connectivity index (χ2n) is 12.3. The molecule has 41 heavy (non-hydrogen) atoms. The number of carbonyl (C=O) groups is 3. The first kappa shape index (κ1) is 31.0. The zero-order valence-corrected chi connectivity index (χ0v) is 25.2. The highest BCUT2D eigenvalue weighted by Crippen LogP contribution is 2.65. The number of aryl methyl sites for hydroxylation is 2. The summed E-state index contributed by atoms with van der Waals surface area (Å²) >= 11 is 0. The van der Waals surface area contributed by atoms with E-state index in [0.29, 0.717) is 32.1 Å². The quantitative estimate of drug-likeness (QED) is 0.215. The lowest BCUT2D eigenvalue weighted by Gasteiger charge is -2.40. The standard InChI is InChI=1S/C33H46N2O6/c1-8-11-17-40-31(39)27-26-29(37)35(24(20-36)18-21(4)5)28(33(26)15-14-32(27,10-3)41-33)30(38)34(16-9-2)25-19-22(6)12-13-23(25)7/h8-9,12-13,19,21,24,26-28,36H,1-2,10-11,14-18,20H2,3-7H3/t24-,26+,27-,28?,32+,33?/m1/s1. The number of amides is 2. The van der Waals surface area contributed by atoms with E-state index in [1.165, 1.54) is 0 Å². The first-order chi connectivity index (χ1) is 19.5. The van der Waals surface area contributed by atoms with Gasteiger partial charge in [-0.15, -0.1) is 13.2 Å². The summed E-state index contributed by atoms with van der Waals surface area (Å²) in [5.74, 6) is -2.61. The number of hydrogen-bond acceptors (Lipinski definition) is 6. The Morgan fingerprint density at radius 3 is 2.59 bits per heavy atom. The fraction of sp³-hybridized carbons (Fsp3) is 0.606. The fourth-order valence-corrected chi connectivity index (χ4v) is 7.43. The molecule has 2 bridgehead atoms. The first-order valence-electron chi connectivity index (χ1n) is 14.9. The SMILES string of the molecule is C=CCCOC(=O)[C@H]1[C@H]2C(=O)N([C@@H](CO)CC(C)C)C(C(=O)N(CC=C)c3cc(C)ccc3C)C23CC[C@]1(CC)O3. The van der Waals surface area contributed by atoms with Crippen molar-refractivity contribution in [2.45, 2.75) is 90.0 Å². The highest BCUT2D eigenvalue weighted by molar-refractivity contribution is 6.05. The third-order valence-corrected chi connectivity index (χ3v) is 9.25. The van der Waals surface area contributed by atoms with Crippen LogP contribution in [0.5, 0.6) is 0 Å². The van der Waals surface area contributed by atoms with E-state index in [-0.39, 0.29) is 37.5 Å². The number of likely N-dealkylation sites (tertiary alicyclic amines) is 1. The molecule has 0 aromatic heterocycles. The van der Waals surface area contributed by atoms with E-state index in [1.54, 1.807) is 22.0 Å². The van der Waals surface area contributed by atoms with E-state index in [9.17, 15) is 19.5 Å². The van der Waals surface area contributed by atoms with Crippen LogP contribution in [0.1, 0.15) is 64.0 Å². The Balaban J connectivity index is 1.87. The highest BCUT2D eigenvalue weighted by Gasteiger charge is 2.79. The van der Waals surface area contributed by atoms with Crippen molar-refractivity contribution in [2.75, 3.05) is 24.7 Å². The predicted octanol–water partition coefficient (Wildman–Crippen LogP) is 4.50. The van der Waals surface area contributed by atoms with Gasteiger partial charge >= 0.3 is 5.97 Å². The van der Waals surface area contributed by atoms with E-state index >= 15 is 0 Å². The summed E-state index contributed by atoms with van der Waals surface area (Å²) in [7, 11) is 0. The molecular weight excluding hydrogens is 520 g/mol. The largest absolute Gasteiger partial charge is 0.465 e. The van der Waals surface area contributed by atoms with Crippen LogP contribution in [0.3, 0.4) is 0 Å². The number of ether oxygens (including phenoxy) is 2. The minimum Gasteiger partial charge on any atom is -0.465 e. The molecule has 2 amide bonds. The number of rotatable bonds is 13. The zero-order chi connectivity index (χ0) is 30.1. The molecule has 1 spiro atoms. The van der Waals surface area contributed by atoms with Crippen LogP contribution in [0, 0.1) is 31.6 Å². The van der Waals surface area contributed by atoms with Crippen molar-refractivity contribution in [3.05, 3.63) is 54.6 Å². The van der Waals surface area contributed by atoms with Crippen molar-refractivity contribution in [2.24, 2.45) is 17.8 Å². The highest BCUT2D eigenvalue weighted by atomic mass is 16.6. The van der Waals surface area contributed by atoms with Crippen molar-refractivity contribution in [3.63, 3.8) is 0 Å². The second-order valence-corrected chi connectivity index (χ2v) is 12.3. The number of esters is 1. The summed E-state index contributed by atoms with van der Waals surface area (Å²) in [5, 5.41) is 10.6. The third kappa shape index (κ3) is 5.14. The number of nitrogens with zero attached hydrogens (tertiary/aromatic N) is 2. The number of carbonyl (C=O) groups excluding carboxylic acids is 3. The van der Waals surface area contributed by atoms with Crippen molar-refractivity contribution >= 4 is 23.5 Å². The summed E-state index contributed by atoms with van der Waals surface area (Å²) in [4.78, 5) is 46.3. The van der Waals surface area contributed by atoms with Crippen molar-refractivity contribution < 1.29 is 29.0 Å². The van der Waals surface area contributed by atoms with Gasteiger partial charge in [-0.2, -0.15) is 0 Å². The van der Waals surface area contributed by atoms with Crippen molar-refractivity contribution in [1.29, 1.82) is 0 Å². The molecular formula is C33H46N2O6. The minimum atomic E-state index is -1.20. The van der Waals surface area contributed by atoms with E-state index in [2.05, 4.69) is 13.2 Å². The lowest BCUT2D eigenvalue weighted by Crippen LogP contribution is -2.59. The Hall–Kier alpha value is -2.97. The maximum absolute atomic E-state index is 14.9. The molecule has 6 atom stereocenters. The number of anilines is 1. The summed E-state index contributed by atoms with van der Waals surface area (Å²) in [6, 6.07) is 4.33. The Morgan fingerprint density at radius 1 is 1.24 bits per heavy atom. The molecule has 1 N–H and O–H groups in total. The van der Waals surface area contributed by atoms with Crippen LogP contribution < -0.4 is 4.90 Å². The molecule has 0 radical (unpaired) electrons. The van der Waals surface area contributed by atoms with Gasteiger partial charge in [0.2, 0.25) is 5.91 Å². The molecule has 3 saturated heterocycles. The number of aliphatic hydroxyl groups is 1. The van der Waals surface area contributed by atoms with Gasteiger partial charge in [0.05, 0.1) is 30.8 Å². The smallest absolute Gasteiger partial charge is 0.312 e.